The number of benzene rings is 1. The van der Waals surface area contributed by atoms with E-state index < -0.39 is 21.8 Å². The Bertz CT molecular complexity index is 493. The maximum atomic E-state index is 11.9. The van der Waals surface area contributed by atoms with Crippen LogP contribution >= 0.6 is 0 Å². The second-order valence-electron chi connectivity index (χ2n) is 3.12. The van der Waals surface area contributed by atoms with Crippen LogP contribution < -0.4 is 0 Å². The third-order valence-electron chi connectivity index (χ3n) is 1.85. The lowest BCUT2D eigenvalue weighted by Crippen LogP contribution is -2.38. The molecule has 0 bridgehead atoms. The molecule has 2 amide bonds. The Balaban J connectivity index is 3.31. The van der Waals surface area contributed by atoms with Gasteiger partial charge < -0.3 is 0 Å². The molecule has 1 aromatic rings. The minimum absolute atomic E-state index is 0.0830. The zero-order valence-electron chi connectivity index (χ0n) is 8.88. The van der Waals surface area contributed by atoms with Gasteiger partial charge in [0, 0.05) is 13.8 Å². The van der Waals surface area contributed by atoms with Crippen molar-refractivity contribution in [3.05, 3.63) is 30.3 Å². The van der Waals surface area contributed by atoms with E-state index in [1.807, 2.05) is 0 Å². The first-order valence-electron chi connectivity index (χ1n) is 4.49. The summed E-state index contributed by atoms with van der Waals surface area (Å²) in [6, 6.07) is 7.34. The van der Waals surface area contributed by atoms with Gasteiger partial charge in [0.15, 0.2) is 0 Å². The van der Waals surface area contributed by atoms with E-state index >= 15 is 0 Å². The van der Waals surface area contributed by atoms with Gasteiger partial charge in [-0.25, -0.2) is 8.42 Å². The number of nitrogens with zero attached hydrogens (tertiary/aromatic N) is 1. The molecule has 0 heterocycles. The molecule has 0 aromatic heterocycles. The van der Waals surface area contributed by atoms with Crippen LogP contribution in [0.4, 0.5) is 0 Å². The summed E-state index contributed by atoms with van der Waals surface area (Å²) in [7, 11) is -4.07. The third-order valence-corrected chi connectivity index (χ3v) is 3.72. The van der Waals surface area contributed by atoms with Crippen LogP contribution in [0, 0.1) is 0 Å². The van der Waals surface area contributed by atoms with Crippen LogP contribution in [0.15, 0.2) is 35.2 Å². The van der Waals surface area contributed by atoms with Crippen molar-refractivity contribution in [2.45, 2.75) is 18.7 Å². The summed E-state index contributed by atoms with van der Waals surface area (Å²) in [5.74, 6) is -1.65. The number of sulfonamides is 1. The van der Waals surface area contributed by atoms with Gasteiger partial charge in [0.1, 0.15) is 0 Å². The van der Waals surface area contributed by atoms with E-state index in [0.29, 0.717) is 0 Å². The summed E-state index contributed by atoms with van der Waals surface area (Å²) >= 11 is 0. The Morgan fingerprint density at radius 3 is 1.81 bits per heavy atom. The highest BCUT2D eigenvalue weighted by Crippen LogP contribution is 2.15. The average Bonchev–Trinajstić information content (AvgIpc) is 2.17. The van der Waals surface area contributed by atoms with Gasteiger partial charge in [0.05, 0.1) is 4.90 Å². The van der Waals surface area contributed by atoms with Crippen LogP contribution in [0.25, 0.3) is 0 Å². The molecule has 0 spiro atoms. The fourth-order valence-electron chi connectivity index (χ4n) is 1.26. The van der Waals surface area contributed by atoms with Crippen molar-refractivity contribution in [2.75, 3.05) is 0 Å². The fraction of sp³-hybridized carbons (Fsp3) is 0.200. The third kappa shape index (κ3) is 2.27. The standard InChI is InChI=1S/C10H11NO4S/c1-8(12)11(9(2)13)16(14,15)10-6-4-3-5-7-10/h3-7H,1-2H3. The molecular weight excluding hydrogens is 230 g/mol. The quantitative estimate of drug-likeness (QED) is 0.766. The Kier molecular flexibility index (Phi) is 3.44. The second-order valence-corrected chi connectivity index (χ2v) is 4.91. The predicted molar refractivity (Wildman–Crippen MR) is 56.8 cm³/mol. The molecule has 0 unspecified atom stereocenters. The van der Waals surface area contributed by atoms with E-state index in [-0.39, 0.29) is 9.20 Å². The smallest absolute Gasteiger partial charge is 0.273 e. The predicted octanol–water partition coefficient (Wildman–Crippen LogP) is 0.770. The van der Waals surface area contributed by atoms with Crippen molar-refractivity contribution < 1.29 is 18.0 Å². The largest absolute Gasteiger partial charge is 0.274 e. The number of hydrogen-bond acceptors (Lipinski definition) is 4. The lowest BCUT2D eigenvalue weighted by atomic mass is 10.4. The maximum Gasteiger partial charge on any atom is 0.273 e. The zero-order chi connectivity index (χ0) is 12.3. The number of imide groups is 1. The zero-order valence-corrected chi connectivity index (χ0v) is 9.69. The summed E-state index contributed by atoms with van der Waals surface area (Å²) in [6.45, 7) is 2.06. The SMILES string of the molecule is CC(=O)N(C(C)=O)S(=O)(=O)c1ccccc1. The molecule has 6 heteroatoms. The molecule has 0 fully saturated rings. The summed E-state index contributed by atoms with van der Waals surface area (Å²) < 4.78 is 24.1. The van der Waals surface area contributed by atoms with Crippen molar-refractivity contribution in [3.63, 3.8) is 0 Å². The van der Waals surface area contributed by atoms with Crippen molar-refractivity contribution in [2.24, 2.45) is 0 Å². The number of amides is 2. The van der Waals surface area contributed by atoms with Crippen molar-refractivity contribution in [3.8, 4) is 0 Å². The molecule has 0 aliphatic heterocycles. The topological polar surface area (TPSA) is 71.5 Å². The van der Waals surface area contributed by atoms with E-state index in [1.165, 1.54) is 24.3 Å². The Labute approximate surface area is 93.7 Å². The first-order valence-corrected chi connectivity index (χ1v) is 5.93. The van der Waals surface area contributed by atoms with Crippen LogP contribution in [0.1, 0.15) is 13.8 Å². The molecule has 0 N–H and O–H groups in total. The molecular formula is C10H11NO4S. The van der Waals surface area contributed by atoms with Crippen molar-refractivity contribution in [1.82, 2.24) is 4.31 Å². The normalized spacial score (nSPS) is 10.9. The van der Waals surface area contributed by atoms with E-state index in [4.69, 9.17) is 0 Å². The molecule has 5 nitrogen and oxygen atoms in total. The monoisotopic (exact) mass is 241 g/mol. The van der Waals surface area contributed by atoms with E-state index in [1.54, 1.807) is 6.07 Å². The van der Waals surface area contributed by atoms with Crippen molar-refractivity contribution in [1.29, 1.82) is 0 Å². The fourth-order valence-corrected chi connectivity index (χ4v) is 2.65. The van der Waals surface area contributed by atoms with Gasteiger partial charge in [-0.05, 0) is 12.1 Å². The van der Waals surface area contributed by atoms with E-state index in [0.717, 1.165) is 13.8 Å². The minimum Gasteiger partial charge on any atom is -0.274 e. The number of hydrogen-bond donors (Lipinski definition) is 0. The van der Waals surface area contributed by atoms with Crippen LogP contribution in [-0.4, -0.2) is 24.5 Å². The van der Waals surface area contributed by atoms with E-state index in [2.05, 4.69) is 0 Å². The highest BCUT2D eigenvalue weighted by Gasteiger charge is 2.30. The molecule has 0 aliphatic carbocycles. The lowest BCUT2D eigenvalue weighted by molar-refractivity contribution is -0.135. The number of carbonyl (C=O) groups is 2. The molecule has 1 rings (SSSR count). The van der Waals surface area contributed by atoms with Crippen LogP contribution in [0.5, 0.6) is 0 Å². The molecule has 0 radical (unpaired) electrons. The second kappa shape index (κ2) is 4.44. The number of carbonyl (C=O) groups excluding carboxylic acids is 2. The maximum absolute atomic E-state index is 11.9. The number of rotatable bonds is 2. The first kappa shape index (κ1) is 12.4. The van der Waals surface area contributed by atoms with E-state index in [9.17, 15) is 18.0 Å². The van der Waals surface area contributed by atoms with Crippen LogP contribution in [0.3, 0.4) is 0 Å². The highest BCUT2D eigenvalue weighted by molar-refractivity contribution is 7.90. The molecule has 0 atom stereocenters. The Morgan fingerprint density at radius 2 is 1.44 bits per heavy atom. The molecule has 86 valence electrons. The molecule has 0 aliphatic rings. The van der Waals surface area contributed by atoms with Gasteiger partial charge >= 0.3 is 0 Å². The molecule has 0 saturated carbocycles. The Morgan fingerprint density at radius 1 is 1.00 bits per heavy atom. The minimum atomic E-state index is -4.07. The average molecular weight is 241 g/mol. The van der Waals surface area contributed by atoms with Gasteiger partial charge in [-0.15, -0.1) is 0 Å². The molecule has 1 aromatic carbocycles. The summed E-state index contributed by atoms with van der Waals surface area (Å²) in [6.07, 6.45) is 0. The Hall–Kier alpha value is -1.69. The van der Waals surface area contributed by atoms with Gasteiger partial charge in [-0.2, -0.15) is 4.31 Å². The lowest BCUT2D eigenvalue weighted by Gasteiger charge is -2.16. The first-order chi connectivity index (χ1) is 7.37. The van der Waals surface area contributed by atoms with Crippen LogP contribution in [-0.2, 0) is 19.6 Å². The van der Waals surface area contributed by atoms with Crippen molar-refractivity contribution >= 4 is 21.8 Å². The molecule has 0 saturated heterocycles. The summed E-state index contributed by atoms with van der Waals surface area (Å²) in [4.78, 5) is 22.2. The highest BCUT2D eigenvalue weighted by atomic mass is 32.2. The van der Waals surface area contributed by atoms with Gasteiger partial charge in [-0.3, -0.25) is 9.59 Å². The summed E-state index contributed by atoms with van der Waals surface area (Å²) in [5, 5.41) is 0. The summed E-state index contributed by atoms with van der Waals surface area (Å²) in [5.41, 5.74) is 0. The molecule has 16 heavy (non-hydrogen) atoms. The van der Waals surface area contributed by atoms with Gasteiger partial charge in [0.25, 0.3) is 10.0 Å². The van der Waals surface area contributed by atoms with Gasteiger partial charge in [0.2, 0.25) is 11.8 Å². The van der Waals surface area contributed by atoms with Crippen LogP contribution in [0.2, 0.25) is 0 Å². The van der Waals surface area contributed by atoms with Gasteiger partial charge in [-0.1, -0.05) is 18.2 Å².